The van der Waals surface area contributed by atoms with Crippen molar-refractivity contribution in [2.45, 2.75) is 31.7 Å². The first-order chi connectivity index (χ1) is 11.6. The number of carbonyl (C=O) groups excluding carboxylic acids is 1. The second-order valence-electron chi connectivity index (χ2n) is 5.70. The van der Waals surface area contributed by atoms with Gasteiger partial charge in [0.2, 0.25) is 0 Å². The highest BCUT2D eigenvalue weighted by molar-refractivity contribution is 5.75. The van der Waals surface area contributed by atoms with Gasteiger partial charge in [-0.05, 0) is 37.0 Å². The monoisotopic (exact) mass is 336 g/mol. The van der Waals surface area contributed by atoms with Gasteiger partial charge in [-0.15, -0.1) is 0 Å². The Morgan fingerprint density at radius 2 is 2.04 bits per heavy atom. The van der Waals surface area contributed by atoms with Gasteiger partial charge in [-0.3, -0.25) is 4.79 Å². The van der Waals surface area contributed by atoms with Gasteiger partial charge in [0.1, 0.15) is 0 Å². The van der Waals surface area contributed by atoms with Gasteiger partial charge < -0.3 is 24.8 Å². The number of amides is 2. The molecule has 2 rings (SSSR count). The molecule has 7 nitrogen and oxygen atoms in total. The summed E-state index contributed by atoms with van der Waals surface area (Å²) in [6.07, 6.45) is 2.30. The van der Waals surface area contributed by atoms with E-state index in [1.54, 1.807) is 19.1 Å². The number of carboxylic acids is 1. The van der Waals surface area contributed by atoms with E-state index in [0.29, 0.717) is 31.0 Å². The molecule has 1 aromatic rings. The topological polar surface area (TPSA) is 88.1 Å². The first-order valence-electron chi connectivity index (χ1n) is 8.05. The molecule has 0 bridgehead atoms. The minimum atomic E-state index is -0.853. The van der Waals surface area contributed by atoms with Crippen LogP contribution in [0.3, 0.4) is 0 Å². The lowest BCUT2D eigenvalue weighted by atomic mass is 10.0. The van der Waals surface area contributed by atoms with Crippen LogP contribution in [0.2, 0.25) is 0 Å². The highest BCUT2D eigenvalue weighted by atomic mass is 16.5. The third-order valence-electron chi connectivity index (χ3n) is 4.15. The number of likely N-dealkylation sites (tertiary alicyclic amines) is 1. The molecule has 1 aliphatic rings. The van der Waals surface area contributed by atoms with Gasteiger partial charge in [-0.25, -0.2) is 4.79 Å². The van der Waals surface area contributed by atoms with Crippen LogP contribution >= 0.6 is 0 Å². The summed E-state index contributed by atoms with van der Waals surface area (Å²) in [7, 11) is 3.17. The molecule has 1 heterocycles. The van der Waals surface area contributed by atoms with Crippen molar-refractivity contribution in [1.82, 2.24) is 10.2 Å². The zero-order chi connectivity index (χ0) is 17.5. The average molecular weight is 336 g/mol. The van der Waals surface area contributed by atoms with Gasteiger partial charge in [-0.1, -0.05) is 6.07 Å². The fourth-order valence-corrected chi connectivity index (χ4v) is 2.95. The standard InChI is InChI=1S/C17H24N2O5/c1-23-14-8-7-12(11-15(14)24-2)13-5-4-10-19(13)17(22)18-9-3-6-16(20)21/h7-8,11,13H,3-6,9-10H2,1-2H3,(H,18,22)(H,20,21). The average Bonchev–Trinajstić information content (AvgIpc) is 3.07. The predicted molar refractivity (Wildman–Crippen MR) is 88.5 cm³/mol. The van der Waals surface area contributed by atoms with E-state index in [4.69, 9.17) is 14.6 Å². The minimum absolute atomic E-state index is 0.00993. The number of carboxylic acid groups (broad SMARTS) is 1. The molecule has 2 amide bonds. The number of aliphatic carboxylic acids is 1. The molecular weight excluding hydrogens is 312 g/mol. The van der Waals surface area contributed by atoms with Crippen LogP contribution in [0.5, 0.6) is 11.5 Å². The van der Waals surface area contributed by atoms with E-state index in [-0.39, 0.29) is 18.5 Å². The number of hydrogen-bond acceptors (Lipinski definition) is 4. The van der Waals surface area contributed by atoms with Crippen molar-refractivity contribution in [1.29, 1.82) is 0 Å². The van der Waals surface area contributed by atoms with Crippen LogP contribution in [-0.2, 0) is 4.79 Å². The zero-order valence-corrected chi connectivity index (χ0v) is 14.1. The summed E-state index contributed by atoms with van der Waals surface area (Å²) in [4.78, 5) is 24.7. The molecule has 1 atom stereocenters. The molecule has 0 spiro atoms. The minimum Gasteiger partial charge on any atom is -0.493 e. The van der Waals surface area contributed by atoms with Gasteiger partial charge in [0.15, 0.2) is 11.5 Å². The van der Waals surface area contributed by atoms with Gasteiger partial charge in [0, 0.05) is 19.5 Å². The molecule has 0 saturated carbocycles. The first kappa shape index (κ1) is 17.9. The molecule has 1 aliphatic heterocycles. The van der Waals surface area contributed by atoms with Crippen LogP contribution in [0.15, 0.2) is 18.2 Å². The van der Waals surface area contributed by atoms with Crippen LogP contribution in [0.25, 0.3) is 0 Å². The number of carbonyl (C=O) groups is 2. The second-order valence-corrected chi connectivity index (χ2v) is 5.70. The lowest BCUT2D eigenvalue weighted by Crippen LogP contribution is -2.40. The predicted octanol–water partition coefficient (Wildman–Crippen LogP) is 2.42. The summed E-state index contributed by atoms with van der Waals surface area (Å²) in [5.41, 5.74) is 1.01. The van der Waals surface area contributed by atoms with Crippen molar-refractivity contribution in [3.8, 4) is 11.5 Å². The van der Waals surface area contributed by atoms with E-state index >= 15 is 0 Å². The molecule has 0 aliphatic carbocycles. The molecule has 1 aromatic carbocycles. The van der Waals surface area contributed by atoms with E-state index in [9.17, 15) is 9.59 Å². The Morgan fingerprint density at radius 1 is 1.29 bits per heavy atom. The Morgan fingerprint density at radius 3 is 2.71 bits per heavy atom. The summed E-state index contributed by atoms with van der Waals surface area (Å²) < 4.78 is 10.6. The lowest BCUT2D eigenvalue weighted by molar-refractivity contribution is -0.137. The van der Waals surface area contributed by atoms with Crippen molar-refractivity contribution < 1.29 is 24.2 Å². The van der Waals surface area contributed by atoms with E-state index in [1.807, 2.05) is 18.2 Å². The van der Waals surface area contributed by atoms with Crippen LogP contribution in [0, 0.1) is 0 Å². The number of hydrogen-bond donors (Lipinski definition) is 2. The molecule has 1 fully saturated rings. The maximum Gasteiger partial charge on any atom is 0.317 e. The Kier molecular flexibility index (Phi) is 6.28. The number of nitrogens with zero attached hydrogens (tertiary/aromatic N) is 1. The lowest BCUT2D eigenvalue weighted by Gasteiger charge is -2.26. The van der Waals surface area contributed by atoms with Crippen LogP contribution in [0.4, 0.5) is 4.79 Å². The molecule has 24 heavy (non-hydrogen) atoms. The Hall–Kier alpha value is -2.44. The van der Waals surface area contributed by atoms with E-state index < -0.39 is 5.97 Å². The van der Waals surface area contributed by atoms with Crippen LogP contribution in [-0.4, -0.2) is 49.3 Å². The van der Waals surface area contributed by atoms with Crippen molar-refractivity contribution >= 4 is 12.0 Å². The molecule has 2 N–H and O–H groups in total. The number of urea groups is 1. The molecular formula is C17H24N2O5. The van der Waals surface area contributed by atoms with Crippen LogP contribution in [0.1, 0.15) is 37.3 Å². The van der Waals surface area contributed by atoms with Gasteiger partial charge in [0.25, 0.3) is 0 Å². The van der Waals surface area contributed by atoms with E-state index in [0.717, 1.165) is 18.4 Å². The fourth-order valence-electron chi connectivity index (χ4n) is 2.95. The fraction of sp³-hybridized carbons (Fsp3) is 0.529. The first-order valence-corrected chi connectivity index (χ1v) is 8.05. The molecule has 1 saturated heterocycles. The van der Waals surface area contributed by atoms with Crippen molar-refractivity contribution in [2.24, 2.45) is 0 Å². The number of benzene rings is 1. The Labute approximate surface area is 141 Å². The molecule has 7 heteroatoms. The van der Waals surface area contributed by atoms with Crippen LogP contribution < -0.4 is 14.8 Å². The molecule has 0 radical (unpaired) electrons. The zero-order valence-electron chi connectivity index (χ0n) is 14.1. The van der Waals surface area contributed by atoms with Crippen molar-refractivity contribution in [2.75, 3.05) is 27.3 Å². The third-order valence-corrected chi connectivity index (χ3v) is 4.15. The SMILES string of the molecule is COc1ccc(C2CCCN2C(=O)NCCCC(=O)O)cc1OC. The maximum atomic E-state index is 12.4. The highest BCUT2D eigenvalue weighted by Crippen LogP contribution is 2.36. The Balaban J connectivity index is 2.02. The van der Waals surface area contributed by atoms with Gasteiger partial charge in [0.05, 0.1) is 20.3 Å². The number of methoxy groups -OCH3 is 2. The van der Waals surface area contributed by atoms with E-state index in [1.165, 1.54) is 0 Å². The quantitative estimate of drug-likeness (QED) is 0.747. The maximum absolute atomic E-state index is 12.4. The normalized spacial score (nSPS) is 16.8. The highest BCUT2D eigenvalue weighted by Gasteiger charge is 2.30. The summed E-state index contributed by atoms with van der Waals surface area (Å²) in [5.74, 6) is 0.446. The van der Waals surface area contributed by atoms with Gasteiger partial charge in [-0.2, -0.15) is 0 Å². The van der Waals surface area contributed by atoms with E-state index in [2.05, 4.69) is 5.32 Å². The molecule has 132 valence electrons. The summed E-state index contributed by atoms with van der Waals surface area (Å²) in [6.45, 7) is 1.05. The van der Waals surface area contributed by atoms with Crippen molar-refractivity contribution in [3.05, 3.63) is 23.8 Å². The number of nitrogens with one attached hydrogen (secondary N) is 1. The summed E-state index contributed by atoms with van der Waals surface area (Å²) in [6, 6.07) is 5.53. The smallest absolute Gasteiger partial charge is 0.317 e. The summed E-state index contributed by atoms with van der Waals surface area (Å²) in [5, 5.41) is 11.4. The van der Waals surface area contributed by atoms with Crippen molar-refractivity contribution in [3.63, 3.8) is 0 Å². The number of ether oxygens (including phenoxy) is 2. The Bertz CT molecular complexity index is 590. The third kappa shape index (κ3) is 4.31. The number of rotatable bonds is 7. The molecule has 1 unspecified atom stereocenters. The second kappa shape index (κ2) is 8.42. The van der Waals surface area contributed by atoms with Gasteiger partial charge >= 0.3 is 12.0 Å². The molecule has 0 aromatic heterocycles. The summed E-state index contributed by atoms with van der Waals surface area (Å²) >= 11 is 0. The largest absolute Gasteiger partial charge is 0.493 e.